The molecule has 2 atom stereocenters. The van der Waals surface area contributed by atoms with E-state index in [1.807, 2.05) is 0 Å². The van der Waals surface area contributed by atoms with Crippen molar-refractivity contribution in [1.82, 2.24) is 0 Å². The van der Waals surface area contributed by atoms with Crippen molar-refractivity contribution < 1.29 is 13.9 Å². The fourth-order valence-electron chi connectivity index (χ4n) is 1.72. The standard InChI is InChI=1S/C9H9F2NO/c10-5-1-4-2-7(12)9(13)8(4)6(11)3-5/h1,3,7,9,13H,2,12H2. The second-order valence-electron chi connectivity index (χ2n) is 3.27. The molecule has 2 rings (SSSR count). The van der Waals surface area contributed by atoms with Crippen LogP contribution in [0.15, 0.2) is 12.1 Å². The molecule has 0 heterocycles. The zero-order valence-corrected chi connectivity index (χ0v) is 6.80. The van der Waals surface area contributed by atoms with Gasteiger partial charge in [0.15, 0.2) is 0 Å². The monoisotopic (exact) mass is 185 g/mol. The Kier molecular flexibility index (Phi) is 1.82. The predicted octanol–water partition coefficient (Wildman–Crippen LogP) is 0.882. The first-order valence-corrected chi connectivity index (χ1v) is 4.01. The van der Waals surface area contributed by atoms with E-state index in [0.717, 1.165) is 6.07 Å². The van der Waals surface area contributed by atoms with Crippen molar-refractivity contribution in [1.29, 1.82) is 0 Å². The second-order valence-corrected chi connectivity index (χ2v) is 3.27. The van der Waals surface area contributed by atoms with Gasteiger partial charge in [-0.15, -0.1) is 0 Å². The van der Waals surface area contributed by atoms with Gasteiger partial charge in [-0.3, -0.25) is 0 Å². The average molecular weight is 185 g/mol. The van der Waals surface area contributed by atoms with Crippen molar-refractivity contribution >= 4 is 0 Å². The van der Waals surface area contributed by atoms with Crippen LogP contribution >= 0.6 is 0 Å². The van der Waals surface area contributed by atoms with E-state index >= 15 is 0 Å². The highest BCUT2D eigenvalue weighted by Crippen LogP contribution is 2.32. The van der Waals surface area contributed by atoms with Crippen molar-refractivity contribution in [3.63, 3.8) is 0 Å². The molecule has 1 aromatic carbocycles. The second kappa shape index (κ2) is 2.75. The van der Waals surface area contributed by atoms with Gasteiger partial charge in [0.05, 0.1) is 6.10 Å². The van der Waals surface area contributed by atoms with Gasteiger partial charge in [0, 0.05) is 17.7 Å². The lowest BCUT2D eigenvalue weighted by molar-refractivity contribution is 0.155. The van der Waals surface area contributed by atoms with Crippen LogP contribution in [0, 0.1) is 11.6 Å². The molecule has 1 aromatic rings. The maximum atomic E-state index is 13.1. The van der Waals surface area contributed by atoms with Crippen LogP contribution < -0.4 is 5.73 Å². The number of nitrogens with two attached hydrogens (primary N) is 1. The Balaban J connectivity index is 2.57. The van der Waals surface area contributed by atoms with Gasteiger partial charge in [-0.1, -0.05) is 0 Å². The SMILES string of the molecule is NC1Cc2cc(F)cc(F)c2C1O. The summed E-state index contributed by atoms with van der Waals surface area (Å²) < 4.78 is 25.8. The van der Waals surface area contributed by atoms with Crippen molar-refractivity contribution in [2.24, 2.45) is 5.73 Å². The molecule has 2 unspecified atom stereocenters. The van der Waals surface area contributed by atoms with Gasteiger partial charge < -0.3 is 10.8 Å². The summed E-state index contributed by atoms with van der Waals surface area (Å²) in [6.45, 7) is 0. The number of fused-ring (bicyclic) bond motifs is 1. The average Bonchev–Trinajstić information content (AvgIpc) is 2.27. The minimum atomic E-state index is -1.00. The summed E-state index contributed by atoms with van der Waals surface area (Å²) in [5.41, 5.74) is 6.13. The molecule has 70 valence electrons. The largest absolute Gasteiger partial charge is 0.387 e. The van der Waals surface area contributed by atoms with Crippen LogP contribution in [0.5, 0.6) is 0 Å². The number of hydrogen-bond donors (Lipinski definition) is 2. The van der Waals surface area contributed by atoms with E-state index < -0.39 is 23.8 Å². The van der Waals surface area contributed by atoms with Crippen LogP contribution in [0.3, 0.4) is 0 Å². The van der Waals surface area contributed by atoms with Gasteiger partial charge in [0.1, 0.15) is 11.6 Å². The quantitative estimate of drug-likeness (QED) is 0.630. The molecule has 0 aromatic heterocycles. The molecule has 0 bridgehead atoms. The summed E-state index contributed by atoms with van der Waals surface area (Å²) in [5, 5.41) is 9.43. The fraction of sp³-hybridized carbons (Fsp3) is 0.333. The normalized spacial score (nSPS) is 26.2. The van der Waals surface area contributed by atoms with Crippen molar-refractivity contribution in [3.8, 4) is 0 Å². The number of aliphatic hydroxyl groups excluding tert-OH is 1. The Bertz CT molecular complexity index is 354. The first-order chi connectivity index (χ1) is 6.09. The molecule has 2 nitrogen and oxygen atoms in total. The van der Waals surface area contributed by atoms with E-state index in [4.69, 9.17) is 5.73 Å². The summed E-state index contributed by atoms with van der Waals surface area (Å²) in [4.78, 5) is 0. The Labute approximate surface area is 74.0 Å². The van der Waals surface area contributed by atoms with E-state index in [-0.39, 0.29) is 5.56 Å². The van der Waals surface area contributed by atoms with Crippen molar-refractivity contribution in [3.05, 3.63) is 34.9 Å². The molecule has 3 N–H and O–H groups in total. The van der Waals surface area contributed by atoms with Crippen LogP contribution in [0.2, 0.25) is 0 Å². The highest BCUT2D eigenvalue weighted by molar-refractivity contribution is 5.37. The molecule has 0 fully saturated rings. The molecule has 4 heteroatoms. The molecule has 0 aliphatic heterocycles. The number of halogens is 2. The van der Waals surface area contributed by atoms with Gasteiger partial charge >= 0.3 is 0 Å². The highest BCUT2D eigenvalue weighted by Gasteiger charge is 2.31. The Morgan fingerprint density at radius 2 is 2.08 bits per heavy atom. The summed E-state index contributed by atoms with van der Waals surface area (Å²) in [5.74, 6) is -1.34. The zero-order chi connectivity index (χ0) is 9.59. The maximum Gasteiger partial charge on any atom is 0.132 e. The molecule has 0 amide bonds. The van der Waals surface area contributed by atoms with Crippen molar-refractivity contribution in [2.45, 2.75) is 18.6 Å². The number of rotatable bonds is 0. The third-order valence-corrected chi connectivity index (χ3v) is 2.34. The van der Waals surface area contributed by atoms with Crippen molar-refractivity contribution in [2.75, 3.05) is 0 Å². The van der Waals surface area contributed by atoms with E-state index in [2.05, 4.69) is 0 Å². The lowest BCUT2D eigenvalue weighted by Gasteiger charge is -2.08. The number of aliphatic hydroxyl groups is 1. The van der Waals surface area contributed by atoms with Crippen LogP contribution in [-0.2, 0) is 6.42 Å². The van der Waals surface area contributed by atoms with E-state index in [9.17, 15) is 13.9 Å². The van der Waals surface area contributed by atoms with Gasteiger partial charge in [-0.05, 0) is 18.1 Å². The molecule has 0 saturated carbocycles. The molecule has 1 aliphatic carbocycles. The van der Waals surface area contributed by atoms with Gasteiger partial charge in [0.2, 0.25) is 0 Å². The first kappa shape index (κ1) is 8.59. The van der Waals surface area contributed by atoms with Crippen LogP contribution in [0.4, 0.5) is 8.78 Å². The van der Waals surface area contributed by atoms with Gasteiger partial charge in [-0.2, -0.15) is 0 Å². The molecule has 0 spiro atoms. The van der Waals surface area contributed by atoms with Crippen LogP contribution in [-0.4, -0.2) is 11.1 Å². The van der Waals surface area contributed by atoms with E-state index in [1.54, 1.807) is 0 Å². The Morgan fingerprint density at radius 3 is 2.77 bits per heavy atom. The third kappa shape index (κ3) is 1.22. The molecular weight excluding hydrogens is 176 g/mol. The predicted molar refractivity (Wildman–Crippen MR) is 43.0 cm³/mol. The third-order valence-electron chi connectivity index (χ3n) is 2.34. The Morgan fingerprint density at radius 1 is 1.38 bits per heavy atom. The summed E-state index contributed by atoms with van der Waals surface area (Å²) in [6, 6.07) is 1.46. The van der Waals surface area contributed by atoms with Crippen LogP contribution in [0.25, 0.3) is 0 Å². The summed E-state index contributed by atoms with van der Waals surface area (Å²) >= 11 is 0. The summed E-state index contributed by atoms with van der Waals surface area (Å²) in [7, 11) is 0. The summed E-state index contributed by atoms with van der Waals surface area (Å²) in [6.07, 6.45) is -0.679. The molecule has 0 radical (unpaired) electrons. The topological polar surface area (TPSA) is 46.2 Å². The lowest BCUT2D eigenvalue weighted by atomic mass is 10.1. The molecule has 0 saturated heterocycles. The van der Waals surface area contributed by atoms with Gasteiger partial charge in [-0.25, -0.2) is 8.78 Å². The fourth-order valence-corrected chi connectivity index (χ4v) is 1.72. The van der Waals surface area contributed by atoms with Gasteiger partial charge in [0.25, 0.3) is 0 Å². The number of benzene rings is 1. The molecular formula is C9H9F2NO. The highest BCUT2D eigenvalue weighted by atomic mass is 19.1. The van der Waals surface area contributed by atoms with Crippen LogP contribution in [0.1, 0.15) is 17.2 Å². The molecule has 1 aliphatic rings. The first-order valence-electron chi connectivity index (χ1n) is 4.01. The smallest absolute Gasteiger partial charge is 0.132 e. The lowest BCUT2D eigenvalue weighted by Crippen LogP contribution is -2.24. The van der Waals surface area contributed by atoms with E-state index in [1.165, 1.54) is 6.07 Å². The number of hydrogen-bond acceptors (Lipinski definition) is 2. The minimum Gasteiger partial charge on any atom is -0.387 e. The zero-order valence-electron chi connectivity index (χ0n) is 6.80. The Hall–Kier alpha value is -1.00. The molecule has 13 heavy (non-hydrogen) atoms. The minimum absolute atomic E-state index is 0.147. The van der Waals surface area contributed by atoms with E-state index in [0.29, 0.717) is 12.0 Å². The maximum absolute atomic E-state index is 13.1.